The van der Waals surface area contributed by atoms with Gasteiger partial charge in [0.15, 0.2) is 11.5 Å². The first-order valence-electron chi connectivity index (χ1n) is 11.8. The number of carbonyl (C=O) groups excluding carboxylic acids is 1. The Hall–Kier alpha value is -3.10. The van der Waals surface area contributed by atoms with Gasteiger partial charge in [-0.1, -0.05) is 60.4 Å². The zero-order valence-electron chi connectivity index (χ0n) is 20.6. The molecule has 1 amide bonds. The maximum Gasteiger partial charge on any atom is 0.254 e. The monoisotopic (exact) mass is 498 g/mol. The van der Waals surface area contributed by atoms with Gasteiger partial charge in [0, 0.05) is 37.3 Å². The summed E-state index contributed by atoms with van der Waals surface area (Å²) in [7, 11) is 1.54. The molecule has 0 spiro atoms. The van der Waals surface area contributed by atoms with Crippen LogP contribution in [0.3, 0.4) is 0 Å². The van der Waals surface area contributed by atoms with Gasteiger partial charge in [-0.25, -0.2) is 0 Å². The fourth-order valence-corrected chi connectivity index (χ4v) is 4.12. The van der Waals surface area contributed by atoms with E-state index >= 15 is 0 Å². The molecule has 0 aliphatic carbocycles. The van der Waals surface area contributed by atoms with Crippen molar-refractivity contribution in [2.75, 3.05) is 39.9 Å². The van der Waals surface area contributed by atoms with Gasteiger partial charge in [0.2, 0.25) is 11.7 Å². The largest absolute Gasteiger partial charge is 0.493 e. The summed E-state index contributed by atoms with van der Waals surface area (Å²) < 4.78 is 16.7. The van der Waals surface area contributed by atoms with Crippen molar-refractivity contribution in [2.45, 2.75) is 27.3 Å². The van der Waals surface area contributed by atoms with E-state index in [0.29, 0.717) is 79.0 Å². The van der Waals surface area contributed by atoms with Crippen molar-refractivity contribution >= 4 is 17.5 Å². The summed E-state index contributed by atoms with van der Waals surface area (Å²) in [5.74, 6) is 2.33. The Labute approximate surface area is 210 Å². The number of benzene rings is 2. The maximum absolute atomic E-state index is 13.2. The second-order valence-corrected chi connectivity index (χ2v) is 9.55. The number of aromatic nitrogens is 2. The van der Waals surface area contributed by atoms with Crippen molar-refractivity contribution in [3.8, 4) is 22.9 Å². The molecule has 3 aromatic rings. The molecule has 0 radical (unpaired) electrons. The van der Waals surface area contributed by atoms with Gasteiger partial charge in [0.1, 0.15) is 0 Å². The standard InChI is InChI=1S/C26H31ClN4O4/c1-17(2)16-34-24-21(27)13-20(14-22(24)33-4)26(32)31-11-9-30(10-12-31)15-23-28-25(29-35-23)19-7-5-18(3)6-8-19/h5-8,13-14,17H,9-12,15-16H2,1-4H3. The third-order valence-electron chi connectivity index (χ3n) is 5.83. The number of nitrogens with zero attached hydrogens (tertiary/aromatic N) is 4. The van der Waals surface area contributed by atoms with E-state index in [0.717, 1.165) is 5.56 Å². The van der Waals surface area contributed by atoms with E-state index in [-0.39, 0.29) is 5.91 Å². The zero-order chi connectivity index (χ0) is 24.9. The number of ether oxygens (including phenoxy) is 2. The van der Waals surface area contributed by atoms with Crippen LogP contribution in [0, 0.1) is 12.8 Å². The molecule has 1 fully saturated rings. The predicted molar refractivity (Wildman–Crippen MR) is 134 cm³/mol. The second kappa shape index (κ2) is 11.1. The van der Waals surface area contributed by atoms with Crippen molar-refractivity contribution in [2.24, 2.45) is 5.92 Å². The minimum atomic E-state index is -0.0836. The molecule has 9 heteroatoms. The van der Waals surface area contributed by atoms with Crippen molar-refractivity contribution in [3.63, 3.8) is 0 Å². The second-order valence-electron chi connectivity index (χ2n) is 9.14. The third kappa shape index (κ3) is 6.13. The Morgan fingerprint density at radius 3 is 2.51 bits per heavy atom. The summed E-state index contributed by atoms with van der Waals surface area (Å²) in [6.07, 6.45) is 0. The van der Waals surface area contributed by atoms with Crippen LogP contribution < -0.4 is 9.47 Å². The van der Waals surface area contributed by atoms with Gasteiger partial charge in [0.05, 0.1) is 25.3 Å². The van der Waals surface area contributed by atoms with Crippen molar-refractivity contribution in [1.29, 1.82) is 0 Å². The van der Waals surface area contributed by atoms with Crippen LogP contribution >= 0.6 is 11.6 Å². The molecule has 35 heavy (non-hydrogen) atoms. The number of hydrogen-bond donors (Lipinski definition) is 0. The number of carbonyl (C=O) groups is 1. The van der Waals surface area contributed by atoms with Crippen molar-refractivity contribution < 1.29 is 18.8 Å². The minimum absolute atomic E-state index is 0.0836. The highest BCUT2D eigenvalue weighted by Gasteiger charge is 2.25. The summed E-state index contributed by atoms with van der Waals surface area (Å²) in [5.41, 5.74) is 2.59. The highest BCUT2D eigenvalue weighted by atomic mass is 35.5. The number of amides is 1. The Balaban J connectivity index is 1.35. The average Bonchev–Trinajstić information content (AvgIpc) is 3.31. The first kappa shape index (κ1) is 25.0. The minimum Gasteiger partial charge on any atom is -0.493 e. The van der Waals surface area contributed by atoms with Crippen LogP contribution in [-0.4, -0.2) is 65.7 Å². The molecule has 0 N–H and O–H groups in total. The molecule has 1 aliphatic heterocycles. The molecule has 0 unspecified atom stereocenters. The number of methoxy groups -OCH3 is 1. The molecule has 1 aliphatic rings. The molecule has 2 aromatic carbocycles. The van der Waals surface area contributed by atoms with Crippen LogP contribution in [0.15, 0.2) is 40.9 Å². The Bertz CT molecular complexity index is 1150. The van der Waals surface area contributed by atoms with Gasteiger partial charge < -0.3 is 18.9 Å². The highest BCUT2D eigenvalue weighted by molar-refractivity contribution is 6.32. The van der Waals surface area contributed by atoms with E-state index in [9.17, 15) is 4.79 Å². The molecule has 1 aromatic heterocycles. The summed E-state index contributed by atoms with van der Waals surface area (Å²) in [6, 6.07) is 11.4. The molecular weight excluding hydrogens is 468 g/mol. The Kier molecular flexibility index (Phi) is 7.93. The van der Waals surface area contributed by atoms with Crippen LogP contribution in [-0.2, 0) is 6.54 Å². The van der Waals surface area contributed by atoms with Gasteiger partial charge >= 0.3 is 0 Å². The third-order valence-corrected chi connectivity index (χ3v) is 6.11. The van der Waals surface area contributed by atoms with E-state index in [1.54, 1.807) is 19.2 Å². The normalized spacial score (nSPS) is 14.4. The number of halogens is 1. The van der Waals surface area contributed by atoms with E-state index in [4.69, 9.17) is 25.6 Å². The van der Waals surface area contributed by atoms with Crippen LogP contribution in [0.25, 0.3) is 11.4 Å². The molecule has 0 bridgehead atoms. The molecular formula is C26H31ClN4O4. The van der Waals surface area contributed by atoms with Gasteiger partial charge in [-0.2, -0.15) is 4.98 Å². The van der Waals surface area contributed by atoms with Crippen molar-refractivity contribution in [3.05, 3.63) is 58.4 Å². The Morgan fingerprint density at radius 1 is 1.14 bits per heavy atom. The lowest BCUT2D eigenvalue weighted by molar-refractivity contribution is 0.0614. The van der Waals surface area contributed by atoms with Crippen molar-refractivity contribution in [1.82, 2.24) is 19.9 Å². The van der Waals surface area contributed by atoms with Crippen LogP contribution in [0.4, 0.5) is 0 Å². The Morgan fingerprint density at radius 2 is 1.86 bits per heavy atom. The van der Waals surface area contributed by atoms with E-state index < -0.39 is 0 Å². The highest BCUT2D eigenvalue weighted by Crippen LogP contribution is 2.37. The summed E-state index contributed by atoms with van der Waals surface area (Å²) in [6.45, 7) is 9.78. The van der Waals surface area contributed by atoms with Crippen LogP contribution in [0.5, 0.6) is 11.5 Å². The van der Waals surface area contributed by atoms with Gasteiger partial charge in [0.25, 0.3) is 5.91 Å². The van der Waals surface area contributed by atoms with E-state index in [1.165, 1.54) is 5.56 Å². The van der Waals surface area contributed by atoms with Crippen LogP contribution in [0.2, 0.25) is 5.02 Å². The zero-order valence-corrected chi connectivity index (χ0v) is 21.3. The number of aryl methyl sites for hydroxylation is 1. The first-order valence-corrected chi connectivity index (χ1v) is 12.1. The smallest absolute Gasteiger partial charge is 0.254 e. The summed E-state index contributed by atoms with van der Waals surface area (Å²) in [4.78, 5) is 21.7. The number of rotatable bonds is 8. The SMILES string of the molecule is COc1cc(C(=O)N2CCN(Cc3nc(-c4ccc(C)cc4)no3)CC2)cc(Cl)c1OCC(C)C. The number of piperazine rings is 1. The maximum atomic E-state index is 13.2. The lowest BCUT2D eigenvalue weighted by atomic mass is 10.1. The average molecular weight is 499 g/mol. The molecule has 0 atom stereocenters. The lowest BCUT2D eigenvalue weighted by Gasteiger charge is -2.34. The predicted octanol–water partition coefficient (Wildman–Crippen LogP) is 4.70. The molecule has 0 saturated carbocycles. The number of hydrogen-bond acceptors (Lipinski definition) is 7. The van der Waals surface area contributed by atoms with Gasteiger partial charge in [-0.15, -0.1) is 0 Å². The fourth-order valence-electron chi connectivity index (χ4n) is 3.86. The molecule has 1 saturated heterocycles. The molecule has 186 valence electrons. The van der Waals surface area contributed by atoms with Gasteiger partial charge in [-0.05, 0) is 25.0 Å². The van der Waals surface area contributed by atoms with E-state index in [1.807, 2.05) is 36.1 Å². The lowest BCUT2D eigenvalue weighted by Crippen LogP contribution is -2.48. The van der Waals surface area contributed by atoms with Gasteiger partial charge in [-0.3, -0.25) is 9.69 Å². The molecule has 2 heterocycles. The van der Waals surface area contributed by atoms with E-state index in [2.05, 4.69) is 28.9 Å². The first-order chi connectivity index (χ1) is 16.8. The van der Waals surface area contributed by atoms with Crippen LogP contribution in [0.1, 0.15) is 35.7 Å². The fraction of sp³-hybridized carbons (Fsp3) is 0.423. The quantitative estimate of drug-likeness (QED) is 0.445. The molecule has 8 nitrogen and oxygen atoms in total. The topological polar surface area (TPSA) is 80.9 Å². The summed E-state index contributed by atoms with van der Waals surface area (Å²) >= 11 is 6.44. The molecule has 4 rings (SSSR count). The summed E-state index contributed by atoms with van der Waals surface area (Å²) in [5, 5.41) is 4.48.